The highest BCUT2D eigenvalue weighted by Crippen LogP contribution is 2.30. The molecular weight excluding hydrogens is 454 g/mol. The maximum atomic E-state index is 12.8. The standard InChI is InChI=1S/C24H31N5O2S2/c25-24(31,15-19-6-3-13-32-19)22(30)28-9-11-29(12-10-28)23-27-20-8-7-17(14-21(20)33-23)16-26-18-4-1-2-5-18/h3,6-8,13-14,18,26,31H,1-2,4-5,9-12,15-16,25H2/t24-/m0/s1. The third-order valence-electron chi connectivity index (χ3n) is 6.62. The molecule has 1 aromatic carbocycles. The molecule has 176 valence electrons. The van der Waals surface area contributed by atoms with Crippen LogP contribution in [0.15, 0.2) is 35.7 Å². The van der Waals surface area contributed by atoms with Gasteiger partial charge in [0.25, 0.3) is 5.91 Å². The molecule has 33 heavy (non-hydrogen) atoms. The van der Waals surface area contributed by atoms with Gasteiger partial charge in [0, 0.05) is 50.1 Å². The molecule has 0 spiro atoms. The van der Waals surface area contributed by atoms with Crippen LogP contribution < -0.4 is 16.0 Å². The number of aliphatic hydroxyl groups is 1. The Bertz CT molecular complexity index is 1080. The van der Waals surface area contributed by atoms with Gasteiger partial charge in [0.1, 0.15) is 0 Å². The fourth-order valence-corrected chi connectivity index (χ4v) is 6.60. The normalized spacial score (nSPS) is 19.3. The van der Waals surface area contributed by atoms with Gasteiger partial charge in [-0.1, -0.05) is 36.3 Å². The molecule has 1 aliphatic carbocycles. The zero-order valence-corrected chi connectivity index (χ0v) is 20.3. The van der Waals surface area contributed by atoms with E-state index in [1.165, 1.54) is 47.3 Å². The number of nitrogens with zero attached hydrogens (tertiary/aromatic N) is 3. The first-order valence-corrected chi connectivity index (χ1v) is 13.4. The SMILES string of the molecule is N[C@](O)(Cc1cccs1)C(=O)N1CCN(c2nc3ccc(CNC4CCCC4)cc3s2)CC1. The van der Waals surface area contributed by atoms with Gasteiger partial charge in [-0.25, -0.2) is 4.98 Å². The number of fused-ring (bicyclic) bond motifs is 1. The third kappa shape index (κ3) is 5.22. The molecule has 7 nitrogen and oxygen atoms in total. The molecule has 1 saturated heterocycles. The van der Waals surface area contributed by atoms with E-state index in [-0.39, 0.29) is 6.42 Å². The van der Waals surface area contributed by atoms with Crippen LogP contribution in [0.5, 0.6) is 0 Å². The number of hydrogen-bond donors (Lipinski definition) is 3. The molecule has 4 N–H and O–H groups in total. The minimum absolute atomic E-state index is 0.138. The summed E-state index contributed by atoms with van der Waals surface area (Å²) >= 11 is 3.20. The predicted molar refractivity (Wildman–Crippen MR) is 135 cm³/mol. The Hall–Kier alpha value is -2.04. The van der Waals surface area contributed by atoms with E-state index >= 15 is 0 Å². The lowest BCUT2D eigenvalue weighted by Gasteiger charge is -2.37. The van der Waals surface area contributed by atoms with Crippen molar-refractivity contribution in [2.75, 3.05) is 31.1 Å². The van der Waals surface area contributed by atoms with Crippen LogP contribution in [0.25, 0.3) is 10.2 Å². The largest absolute Gasteiger partial charge is 0.367 e. The smallest absolute Gasteiger partial charge is 0.270 e. The van der Waals surface area contributed by atoms with E-state index in [1.54, 1.807) is 16.2 Å². The molecule has 0 radical (unpaired) electrons. The van der Waals surface area contributed by atoms with Gasteiger partial charge in [-0.2, -0.15) is 0 Å². The van der Waals surface area contributed by atoms with Crippen LogP contribution in [-0.4, -0.2) is 58.8 Å². The molecule has 1 saturated carbocycles. The second kappa shape index (κ2) is 9.68. The monoisotopic (exact) mass is 485 g/mol. The zero-order chi connectivity index (χ0) is 22.8. The summed E-state index contributed by atoms with van der Waals surface area (Å²) in [6.45, 7) is 3.31. The van der Waals surface area contributed by atoms with Crippen LogP contribution in [0.3, 0.4) is 0 Å². The lowest BCUT2D eigenvalue weighted by Crippen LogP contribution is -2.60. The van der Waals surface area contributed by atoms with Gasteiger partial charge in [-0.3, -0.25) is 10.5 Å². The summed E-state index contributed by atoms with van der Waals surface area (Å²) in [5, 5.41) is 17.2. The maximum Gasteiger partial charge on any atom is 0.270 e. The number of amides is 1. The molecule has 2 aromatic heterocycles. The highest BCUT2D eigenvalue weighted by atomic mass is 32.1. The van der Waals surface area contributed by atoms with E-state index in [1.807, 2.05) is 17.5 Å². The summed E-state index contributed by atoms with van der Waals surface area (Å²) in [5.74, 6) is -0.403. The first-order chi connectivity index (χ1) is 16.0. The second-order valence-electron chi connectivity index (χ2n) is 9.12. The summed E-state index contributed by atoms with van der Waals surface area (Å²) in [4.78, 5) is 22.5. The molecular formula is C24H31N5O2S2. The fourth-order valence-electron chi connectivity index (χ4n) is 4.72. The van der Waals surface area contributed by atoms with Gasteiger partial charge in [0.15, 0.2) is 10.9 Å². The number of piperazine rings is 1. The Balaban J connectivity index is 1.18. The Kier molecular flexibility index (Phi) is 6.67. The first-order valence-electron chi connectivity index (χ1n) is 11.7. The van der Waals surface area contributed by atoms with Crippen molar-refractivity contribution in [2.24, 2.45) is 5.73 Å². The molecule has 2 aliphatic rings. The molecule has 3 aromatic rings. The quantitative estimate of drug-likeness (QED) is 0.446. The molecule has 0 bridgehead atoms. The number of nitrogens with one attached hydrogen (secondary N) is 1. The first kappa shape index (κ1) is 22.7. The number of anilines is 1. The predicted octanol–water partition coefficient (Wildman–Crippen LogP) is 2.93. The number of nitrogens with two attached hydrogens (primary N) is 1. The van der Waals surface area contributed by atoms with Crippen LogP contribution in [0.1, 0.15) is 36.1 Å². The highest BCUT2D eigenvalue weighted by Gasteiger charge is 2.37. The molecule has 1 amide bonds. The van der Waals surface area contributed by atoms with Crippen molar-refractivity contribution in [2.45, 2.75) is 50.4 Å². The van der Waals surface area contributed by atoms with Gasteiger partial charge < -0.3 is 20.2 Å². The minimum Gasteiger partial charge on any atom is -0.367 e. The van der Waals surface area contributed by atoms with E-state index in [2.05, 4.69) is 28.4 Å². The van der Waals surface area contributed by atoms with Crippen molar-refractivity contribution >= 4 is 43.9 Å². The van der Waals surface area contributed by atoms with E-state index in [0.29, 0.717) is 32.2 Å². The topological polar surface area (TPSA) is 94.7 Å². The van der Waals surface area contributed by atoms with E-state index in [0.717, 1.165) is 22.1 Å². The summed E-state index contributed by atoms with van der Waals surface area (Å²) < 4.78 is 1.20. The average Bonchev–Trinajstić information content (AvgIpc) is 3.58. The van der Waals surface area contributed by atoms with Crippen LogP contribution in [0, 0.1) is 0 Å². The lowest BCUT2D eigenvalue weighted by molar-refractivity contribution is -0.151. The fraction of sp³-hybridized carbons (Fsp3) is 0.500. The van der Waals surface area contributed by atoms with Gasteiger partial charge >= 0.3 is 0 Å². The zero-order valence-electron chi connectivity index (χ0n) is 18.7. The van der Waals surface area contributed by atoms with Crippen molar-refractivity contribution in [3.05, 3.63) is 46.2 Å². The summed E-state index contributed by atoms with van der Waals surface area (Å²) in [5.41, 5.74) is 6.45. The van der Waals surface area contributed by atoms with Crippen LogP contribution in [0.4, 0.5) is 5.13 Å². The van der Waals surface area contributed by atoms with Crippen molar-refractivity contribution < 1.29 is 9.90 Å². The highest BCUT2D eigenvalue weighted by molar-refractivity contribution is 7.22. The van der Waals surface area contributed by atoms with E-state index < -0.39 is 11.6 Å². The number of thiazole rings is 1. The number of thiophene rings is 1. The summed E-state index contributed by atoms with van der Waals surface area (Å²) in [7, 11) is 0. The molecule has 5 rings (SSSR count). The Morgan fingerprint density at radius 1 is 1.21 bits per heavy atom. The third-order valence-corrected chi connectivity index (χ3v) is 8.58. The van der Waals surface area contributed by atoms with Crippen molar-refractivity contribution in [3.63, 3.8) is 0 Å². The minimum atomic E-state index is -1.87. The molecule has 0 unspecified atom stereocenters. The Morgan fingerprint density at radius 2 is 2.00 bits per heavy atom. The number of rotatable bonds is 7. The average molecular weight is 486 g/mol. The molecule has 9 heteroatoms. The number of carbonyl (C=O) groups excluding carboxylic acids is 1. The van der Waals surface area contributed by atoms with E-state index in [4.69, 9.17) is 10.7 Å². The van der Waals surface area contributed by atoms with Crippen LogP contribution in [0.2, 0.25) is 0 Å². The number of carbonyl (C=O) groups is 1. The van der Waals surface area contributed by atoms with Crippen LogP contribution in [-0.2, 0) is 17.8 Å². The van der Waals surface area contributed by atoms with Crippen LogP contribution >= 0.6 is 22.7 Å². The Labute approximate surface area is 202 Å². The molecule has 3 heterocycles. The van der Waals surface area contributed by atoms with Gasteiger partial charge in [-0.15, -0.1) is 11.3 Å². The van der Waals surface area contributed by atoms with Gasteiger partial charge in [0.2, 0.25) is 0 Å². The Morgan fingerprint density at radius 3 is 2.73 bits per heavy atom. The van der Waals surface area contributed by atoms with Gasteiger partial charge in [-0.05, 0) is 42.0 Å². The molecule has 1 aliphatic heterocycles. The number of hydrogen-bond acceptors (Lipinski definition) is 8. The summed E-state index contributed by atoms with van der Waals surface area (Å²) in [6, 6.07) is 11.0. The van der Waals surface area contributed by atoms with E-state index in [9.17, 15) is 9.90 Å². The van der Waals surface area contributed by atoms with Crippen molar-refractivity contribution in [1.29, 1.82) is 0 Å². The second-order valence-corrected chi connectivity index (χ2v) is 11.2. The van der Waals surface area contributed by atoms with Crippen molar-refractivity contribution in [3.8, 4) is 0 Å². The summed E-state index contributed by atoms with van der Waals surface area (Å²) in [6.07, 6.45) is 5.40. The maximum absolute atomic E-state index is 12.8. The van der Waals surface area contributed by atoms with Gasteiger partial charge in [0.05, 0.1) is 10.2 Å². The molecule has 1 atom stereocenters. The lowest BCUT2D eigenvalue weighted by atomic mass is 10.1. The van der Waals surface area contributed by atoms with Crippen molar-refractivity contribution in [1.82, 2.24) is 15.2 Å². The number of aromatic nitrogens is 1. The number of benzene rings is 1. The molecule has 2 fully saturated rings.